The van der Waals surface area contributed by atoms with Crippen molar-refractivity contribution in [3.8, 4) is 0 Å². The van der Waals surface area contributed by atoms with E-state index in [4.69, 9.17) is 14.2 Å². The topological polar surface area (TPSA) is 78.9 Å². The van der Waals surface area contributed by atoms with E-state index in [1.165, 1.54) is 244 Å². The van der Waals surface area contributed by atoms with E-state index in [1.54, 1.807) is 0 Å². The monoisotopic (exact) mass is 947 g/mol. The van der Waals surface area contributed by atoms with Crippen LogP contribution in [0.2, 0.25) is 0 Å². The standard InChI is InChI=1S/C61H118O6/c1-5-8-10-12-14-16-18-19-20-23-28-31-34-38-42-46-50-54-61(64)67-58(55-65-59(62)52-48-44-40-36-17-15-13-11-9-6-2)56-66-60(63)53-49-45-41-37-33-30-27-25-22-21-24-26-29-32-35-39-43-47-51-57(4)7-3/h57-58H,5-56H2,1-4H3/t57?,58-/m0/s1. The summed E-state index contributed by atoms with van der Waals surface area (Å²) in [5.74, 6) is 0.0758. The van der Waals surface area contributed by atoms with E-state index in [0.29, 0.717) is 19.3 Å². The van der Waals surface area contributed by atoms with Crippen LogP contribution in [0.3, 0.4) is 0 Å². The van der Waals surface area contributed by atoms with Crippen LogP contribution in [0.25, 0.3) is 0 Å². The van der Waals surface area contributed by atoms with Gasteiger partial charge in [0.2, 0.25) is 0 Å². The fraction of sp³-hybridized carbons (Fsp3) is 0.951. The molecule has 0 bridgehead atoms. The van der Waals surface area contributed by atoms with Crippen molar-refractivity contribution in [3.63, 3.8) is 0 Å². The van der Waals surface area contributed by atoms with Gasteiger partial charge in [-0.3, -0.25) is 14.4 Å². The third-order valence-corrected chi connectivity index (χ3v) is 14.4. The molecule has 398 valence electrons. The second-order valence-electron chi connectivity index (χ2n) is 21.2. The van der Waals surface area contributed by atoms with Crippen LogP contribution in [0.4, 0.5) is 0 Å². The summed E-state index contributed by atoms with van der Waals surface area (Å²) in [6.07, 6.45) is 61.0. The van der Waals surface area contributed by atoms with Crippen molar-refractivity contribution in [2.45, 2.75) is 355 Å². The highest BCUT2D eigenvalue weighted by molar-refractivity contribution is 5.71. The highest BCUT2D eigenvalue weighted by atomic mass is 16.6. The number of hydrogen-bond donors (Lipinski definition) is 0. The molecule has 0 saturated heterocycles. The van der Waals surface area contributed by atoms with Crippen molar-refractivity contribution in [2.75, 3.05) is 13.2 Å². The maximum Gasteiger partial charge on any atom is 0.306 e. The lowest BCUT2D eigenvalue weighted by atomic mass is 9.99. The molecule has 1 unspecified atom stereocenters. The summed E-state index contributed by atoms with van der Waals surface area (Å²) < 4.78 is 16.9. The third kappa shape index (κ3) is 53.6. The summed E-state index contributed by atoms with van der Waals surface area (Å²) in [5.41, 5.74) is 0. The van der Waals surface area contributed by atoms with Crippen molar-refractivity contribution < 1.29 is 28.6 Å². The van der Waals surface area contributed by atoms with Crippen LogP contribution in [-0.2, 0) is 28.6 Å². The first-order valence-corrected chi connectivity index (χ1v) is 30.4. The summed E-state index contributed by atoms with van der Waals surface area (Å²) in [7, 11) is 0. The minimum atomic E-state index is -0.761. The van der Waals surface area contributed by atoms with Gasteiger partial charge in [0.05, 0.1) is 0 Å². The van der Waals surface area contributed by atoms with Crippen LogP contribution in [0.15, 0.2) is 0 Å². The Balaban J connectivity index is 4.19. The fourth-order valence-corrected chi connectivity index (χ4v) is 9.42. The first-order valence-electron chi connectivity index (χ1n) is 30.4. The van der Waals surface area contributed by atoms with Crippen LogP contribution >= 0.6 is 0 Å². The average Bonchev–Trinajstić information content (AvgIpc) is 3.33. The van der Waals surface area contributed by atoms with Crippen LogP contribution in [0.1, 0.15) is 349 Å². The molecule has 0 saturated carbocycles. The summed E-state index contributed by atoms with van der Waals surface area (Å²) in [6, 6.07) is 0. The van der Waals surface area contributed by atoms with Gasteiger partial charge in [-0.2, -0.15) is 0 Å². The quantitative estimate of drug-likeness (QED) is 0.0343. The van der Waals surface area contributed by atoms with E-state index in [9.17, 15) is 14.4 Å². The number of rotatable bonds is 56. The first kappa shape index (κ1) is 65.4. The van der Waals surface area contributed by atoms with E-state index < -0.39 is 6.10 Å². The number of carbonyl (C=O) groups excluding carboxylic acids is 3. The molecule has 0 amide bonds. The molecule has 0 aliphatic rings. The van der Waals surface area contributed by atoms with E-state index in [0.717, 1.165) is 63.7 Å². The molecule has 2 atom stereocenters. The summed E-state index contributed by atoms with van der Waals surface area (Å²) >= 11 is 0. The molecule has 0 aliphatic heterocycles. The maximum atomic E-state index is 12.9. The second kappa shape index (κ2) is 55.3. The molecular formula is C61H118O6. The number of carbonyl (C=O) groups is 3. The molecule has 0 rings (SSSR count). The van der Waals surface area contributed by atoms with Gasteiger partial charge >= 0.3 is 17.9 Å². The van der Waals surface area contributed by atoms with Crippen LogP contribution < -0.4 is 0 Å². The van der Waals surface area contributed by atoms with Crippen LogP contribution in [0.5, 0.6) is 0 Å². The molecule has 0 N–H and O–H groups in total. The van der Waals surface area contributed by atoms with Gasteiger partial charge in [0.15, 0.2) is 6.10 Å². The number of esters is 3. The zero-order valence-corrected chi connectivity index (χ0v) is 45.9. The Morgan fingerprint density at radius 3 is 0.776 bits per heavy atom. The molecule has 0 aliphatic carbocycles. The molecule has 0 aromatic rings. The highest BCUT2D eigenvalue weighted by Gasteiger charge is 2.19. The minimum Gasteiger partial charge on any atom is -0.462 e. The van der Waals surface area contributed by atoms with Gasteiger partial charge in [0.25, 0.3) is 0 Å². The van der Waals surface area contributed by atoms with Gasteiger partial charge in [0, 0.05) is 19.3 Å². The molecule has 67 heavy (non-hydrogen) atoms. The van der Waals surface area contributed by atoms with E-state index in [2.05, 4.69) is 27.7 Å². The minimum absolute atomic E-state index is 0.0616. The molecular weight excluding hydrogens is 829 g/mol. The van der Waals surface area contributed by atoms with Gasteiger partial charge < -0.3 is 14.2 Å². The lowest BCUT2D eigenvalue weighted by molar-refractivity contribution is -0.167. The molecule has 0 heterocycles. The van der Waals surface area contributed by atoms with Gasteiger partial charge in [0.1, 0.15) is 13.2 Å². The van der Waals surface area contributed by atoms with Crippen molar-refractivity contribution in [3.05, 3.63) is 0 Å². The molecule has 6 nitrogen and oxygen atoms in total. The van der Waals surface area contributed by atoms with Gasteiger partial charge in [-0.05, 0) is 25.2 Å². The first-order chi connectivity index (χ1) is 32.9. The number of ether oxygens (including phenoxy) is 3. The summed E-state index contributed by atoms with van der Waals surface area (Å²) in [5, 5.41) is 0. The lowest BCUT2D eigenvalue weighted by Crippen LogP contribution is -2.30. The Morgan fingerprint density at radius 2 is 0.522 bits per heavy atom. The molecule has 0 radical (unpaired) electrons. The van der Waals surface area contributed by atoms with Crippen molar-refractivity contribution >= 4 is 17.9 Å². The van der Waals surface area contributed by atoms with Crippen molar-refractivity contribution in [1.82, 2.24) is 0 Å². The number of hydrogen-bond acceptors (Lipinski definition) is 6. The molecule has 0 fully saturated rings. The maximum absolute atomic E-state index is 12.9. The summed E-state index contributed by atoms with van der Waals surface area (Å²) in [6.45, 7) is 9.10. The van der Waals surface area contributed by atoms with E-state index >= 15 is 0 Å². The highest BCUT2D eigenvalue weighted by Crippen LogP contribution is 2.19. The largest absolute Gasteiger partial charge is 0.462 e. The van der Waals surface area contributed by atoms with E-state index in [1.807, 2.05) is 0 Å². The average molecular weight is 948 g/mol. The van der Waals surface area contributed by atoms with Gasteiger partial charge in [-0.15, -0.1) is 0 Å². The fourth-order valence-electron chi connectivity index (χ4n) is 9.42. The molecule has 0 spiro atoms. The van der Waals surface area contributed by atoms with Crippen LogP contribution in [-0.4, -0.2) is 37.2 Å². The smallest absolute Gasteiger partial charge is 0.306 e. The molecule has 6 heteroatoms. The number of unbranched alkanes of at least 4 members (excludes halogenated alkanes) is 42. The SMILES string of the molecule is CCCCCCCCCCCCCCCCCCCC(=O)O[C@@H](COC(=O)CCCCCCCCCCCC)COC(=O)CCCCCCCCCCCCCCCCCCCCC(C)CC. The van der Waals surface area contributed by atoms with Gasteiger partial charge in [-0.1, -0.05) is 310 Å². The Morgan fingerprint density at radius 1 is 0.299 bits per heavy atom. The zero-order chi connectivity index (χ0) is 48.8. The van der Waals surface area contributed by atoms with Gasteiger partial charge in [-0.25, -0.2) is 0 Å². The molecule has 0 aromatic heterocycles. The Kier molecular flexibility index (Phi) is 54.0. The van der Waals surface area contributed by atoms with E-state index in [-0.39, 0.29) is 31.1 Å². The van der Waals surface area contributed by atoms with Crippen LogP contribution in [0, 0.1) is 5.92 Å². The summed E-state index contributed by atoms with van der Waals surface area (Å²) in [4.78, 5) is 38.1. The van der Waals surface area contributed by atoms with Crippen molar-refractivity contribution in [1.29, 1.82) is 0 Å². The Bertz CT molecular complexity index is 1010. The normalized spacial score (nSPS) is 12.4. The third-order valence-electron chi connectivity index (χ3n) is 14.4. The Labute approximate surface area is 418 Å². The predicted octanol–water partition coefficient (Wildman–Crippen LogP) is 20.2. The zero-order valence-electron chi connectivity index (χ0n) is 45.9. The Hall–Kier alpha value is -1.59. The van der Waals surface area contributed by atoms with Crippen molar-refractivity contribution in [2.24, 2.45) is 5.92 Å². The lowest BCUT2D eigenvalue weighted by Gasteiger charge is -2.18. The second-order valence-corrected chi connectivity index (χ2v) is 21.2. The predicted molar refractivity (Wildman–Crippen MR) is 289 cm³/mol. The molecule has 0 aromatic carbocycles.